The largest absolute Gasteiger partial charge is 0.438 e. The average molecular weight is 527 g/mol. The summed E-state index contributed by atoms with van der Waals surface area (Å²) >= 11 is 0. The van der Waals surface area contributed by atoms with Crippen molar-refractivity contribution in [2.24, 2.45) is 23.2 Å². The van der Waals surface area contributed by atoms with Gasteiger partial charge in [0.2, 0.25) is 0 Å². The van der Waals surface area contributed by atoms with Crippen LogP contribution in [0, 0.1) is 30.1 Å². The molecular formula is C29H34O7S. The number of hydrogen-bond acceptors (Lipinski definition) is 7. The molecule has 0 aromatic heterocycles. The number of rotatable bonds is 10. The van der Waals surface area contributed by atoms with Gasteiger partial charge in [0.15, 0.2) is 18.0 Å². The third-order valence-electron chi connectivity index (χ3n) is 8.34. The quantitative estimate of drug-likeness (QED) is 0.140. The summed E-state index contributed by atoms with van der Waals surface area (Å²) in [4.78, 5) is 26.8. The van der Waals surface area contributed by atoms with Crippen molar-refractivity contribution in [3.05, 3.63) is 65.7 Å². The van der Waals surface area contributed by atoms with E-state index in [1.165, 1.54) is 38.3 Å². The van der Waals surface area contributed by atoms with Crippen LogP contribution < -0.4 is 0 Å². The van der Waals surface area contributed by atoms with E-state index in [2.05, 4.69) is 0 Å². The average Bonchev–Trinajstić information content (AvgIpc) is 2.86. The van der Waals surface area contributed by atoms with Gasteiger partial charge in [0.25, 0.3) is 10.1 Å². The first-order valence-corrected chi connectivity index (χ1v) is 14.4. The lowest BCUT2D eigenvalue weighted by molar-refractivity contribution is -0.214. The number of aryl methyl sites for hydroxylation is 1. The number of Topliss-reactive ketones (excluding diaryl/α,β-unsaturated/α-hetero) is 1. The minimum Gasteiger partial charge on any atom is -0.438 e. The highest BCUT2D eigenvalue weighted by Gasteiger charge is 2.52. The molecule has 4 bridgehead atoms. The summed E-state index contributed by atoms with van der Waals surface area (Å²) < 4.78 is 42.7. The maximum atomic E-state index is 13.5. The fraction of sp³-hybridized carbons (Fsp3) is 0.517. The molecule has 37 heavy (non-hydrogen) atoms. The van der Waals surface area contributed by atoms with Gasteiger partial charge in [-0.3, -0.25) is 13.8 Å². The number of benzene rings is 2. The number of carbonyl (C=O) groups excluding carboxylic acids is 2. The number of ether oxygens (including phenoxy) is 2. The number of hydrogen-bond donors (Lipinski definition) is 0. The van der Waals surface area contributed by atoms with Crippen molar-refractivity contribution < 1.29 is 31.7 Å². The molecule has 0 heterocycles. The van der Waals surface area contributed by atoms with Crippen molar-refractivity contribution >= 4 is 21.9 Å². The van der Waals surface area contributed by atoms with Crippen LogP contribution in [0.25, 0.3) is 0 Å². The lowest BCUT2D eigenvalue weighted by Crippen LogP contribution is -2.52. The molecule has 4 fully saturated rings. The SMILES string of the molecule is Cc1ccc(S(=O)(=O)OCC(C)(C(=O)OCOC23CC4CC(CC(C4)C2)C3)C(=O)c2ccccc2)cc1. The van der Waals surface area contributed by atoms with E-state index in [-0.39, 0.29) is 22.9 Å². The number of esters is 1. The maximum Gasteiger partial charge on any atom is 0.324 e. The van der Waals surface area contributed by atoms with E-state index in [1.807, 2.05) is 6.92 Å². The third kappa shape index (κ3) is 5.38. The predicted molar refractivity (Wildman–Crippen MR) is 136 cm³/mol. The molecule has 0 aliphatic heterocycles. The predicted octanol–water partition coefficient (Wildman–Crippen LogP) is 5.08. The van der Waals surface area contributed by atoms with Gasteiger partial charge in [-0.2, -0.15) is 8.42 Å². The molecule has 7 nitrogen and oxygen atoms in total. The fourth-order valence-electron chi connectivity index (χ4n) is 6.67. The zero-order chi connectivity index (χ0) is 26.3. The monoisotopic (exact) mass is 526 g/mol. The molecule has 2 aromatic rings. The molecule has 4 saturated carbocycles. The Morgan fingerprint density at radius 1 is 0.919 bits per heavy atom. The van der Waals surface area contributed by atoms with E-state index in [1.54, 1.807) is 42.5 Å². The fourth-order valence-corrected chi connectivity index (χ4v) is 7.67. The molecule has 0 amide bonds. The van der Waals surface area contributed by atoms with Gasteiger partial charge in [-0.1, -0.05) is 48.0 Å². The summed E-state index contributed by atoms with van der Waals surface area (Å²) in [7, 11) is -4.20. The first kappa shape index (κ1) is 26.1. The Bertz CT molecular complexity index is 1220. The molecule has 0 radical (unpaired) electrons. The summed E-state index contributed by atoms with van der Waals surface area (Å²) in [6, 6.07) is 14.4. The minimum absolute atomic E-state index is 0.0499. The minimum atomic E-state index is -4.20. The van der Waals surface area contributed by atoms with Gasteiger partial charge in [0.05, 0.1) is 17.1 Å². The van der Waals surface area contributed by atoms with Gasteiger partial charge < -0.3 is 9.47 Å². The zero-order valence-electron chi connectivity index (χ0n) is 21.4. The van der Waals surface area contributed by atoms with Gasteiger partial charge >= 0.3 is 5.97 Å². The molecule has 1 atom stereocenters. The van der Waals surface area contributed by atoms with Crippen LogP contribution in [0.15, 0.2) is 59.5 Å². The molecule has 4 aliphatic rings. The van der Waals surface area contributed by atoms with E-state index in [9.17, 15) is 18.0 Å². The lowest BCUT2D eigenvalue weighted by Gasteiger charge is -2.56. The molecule has 1 unspecified atom stereocenters. The Morgan fingerprint density at radius 2 is 1.49 bits per heavy atom. The Labute approximate surface area is 218 Å². The summed E-state index contributed by atoms with van der Waals surface area (Å²) in [6.45, 7) is 2.24. The normalized spacial score (nSPS) is 28.0. The molecule has 8 heteroatoms. The van der Waals surface area contributed by atoms with Crippen LogP contribution in [0.5, 0.6) is 0 Å². The van der Waals surface area contributed by atoms with E-state index in [0.29, 0.717) is 17.8 Å². The van der Waals surface area contributed by atoms with Crippen LogP contribution in [0.4, 0.5) is 0 Å². The third-order valence-corrected chi connectivity index (χ3v) is 9.61. The van der Waals surface area contributed by atoms with Crippen molar-refractivity contribution in [1.82, 2.24) is 0 Å². The highest BCUT2D eigenvalue weighted by molar-refractivity contribution is 7.86. The standard InChI is InChI=1S/C29H34O7S/c1-20-8-10-25(11-9-20)37(32,33)36-18-28(2,26(30)24-6-4-3-5-7-24)27(31)34-19-35-29-15-21-12-22(16-29)14-23(13-21)17-29/h3-11,21-23H,12-19H2,1-2H3. The highest BCUT2D eigenvalue weighted by Crippen LogP contribution is 2.57. The molecule has 6 rings (SSSR count). The zero-order valence-corrected chi connectivity index (χ0v) is 22.2. The van der Waals surface area contributed by atoms with Crippen LogP contribution in [0.2, 0.25) is 0 Å². The Morgan fingerprint density at radius 3 is 2.05 bits per heavy atom. The van der Waals surface area contributed by atoms with E-state index >= 15 is 0 Å². The lowest BCUT2D eigenvalue weighted by atomic mass is 9.54. The summed E-state index contributed by atoms with van der Waals surface area (Å²) in [5, 5.41) is 0. The summed E-state index contributed by atoms with van der Waals surface area (Å²) in [6.07, 6.45) is 6.73. The molecule has 0 saturated heterocycles. The van der Waals surface area contributed by atoms with Crippen LogP contribution in [-0.2, 0) is 28.6 Å². The Balaban J connectivity index is 1.30. The van der Waals surface area contributed by atoms with Crippen LogP contribution >= 0.6 is 0 Å². The van der Waals surface area contributed by atoms with Crippen molar-refractivity contribution in [3.8, 4) is 0 Å². The number of ketones is 1. The molecule has 198 valence electrons. The maximum absolute atomic E-state index is 13.5. The second-order valence-electron chi connectivity index (χ2n) is 11.4. The van der Waals surface area contributed by atoms with Crippen LogP contribution in [0.1, 0.15) is 61.4 Å². The van der Waals surface area contributed by atoms with E-state index in [4.69, 9.17) is 13.7 Å². The molecule has 0 spiro atoms. The Kier molecular flexibility index (Phi) is 7.02. The van der Waals surface area contributed by atoms with Crippen LogP contribution in [-0.4, -0.2) is 39.2 Å². The van der Waals surface area contributed by atoms with Crippen LogP contribution in [0.3, 0.4) is 0 Å². The smallest absolute Gasteiger partial charge is 0.324 e. The van der Waals surface area contributed by atoms with Gasteiger partial charge in [-0.15, -0.1) is 0 Å². The van der Waals surface area contributed by atoms with Gasteiger partial charge in [0.1, 0.15) is 0 Å². The van der Waals surface area contributed by atoms with Crippen molar-refractivity contribution in [2.75, 3.05) is 13.4 Å². The first-order valence-electron chi connectivity index (χ1n) is 13.0. The molecule has 0 N–H and O–H groups in total. The summed E-state index contributed by atoms with van der Waals surface area (Å²) in [5.74, 6) is 0.573. The van der Waals surface area contributed by atoms with Gasteiger partial charge in [-0.25, -0.2) is 0 Å². The topological polar surface area (TPSA) is 96.0 Å². The highest BCUT2D eigenvalue weighted by atomic mass is 32.2. The Hall–Kier alpha value is -2.55. The summed E-state index contributed by atoms with van der Waals surface area (Å²) in [5.41, 5.74) is -0.990. The molecule has 2 aromatic carbocycles. The molecular weight excluding hydrogens is 492 g/mol. The number of carbonyl (C=O) groups is 2. The van der Waals surface area contributed by atoms with Crippen molar-refractivity contribution in [2.45, 2.75) is 62.9 Å². The first-order chi connectivity index (χ1) is 17.6. The second kappa shape index (κ2) is 9.97. The van der Waals surface area contributed by atoms with Gasteiger partial charge in [0, 0.05) is 5.56 Å². The van der Waals surface area contributed by atoms with Crippen molar-refractivity contribution in [1.29, 1.82) is 0 Å². The van der Waals surface area contributed by atoms with E-state index < -0.39 is 33.9 Å². The van der Waals surface area contributed by atoms with Crippen molar-refractivity contribution in [3.63, 3.8) is 0 Å². The molecule has 4 aliphatic carbocycles. The van der Waals surface area contributed by atoms with Gasteiger partial charge in [-0.05, 0) is 82.3 Å². The van der Waals surface area contributed by atoms with E-state index in [0.717, 1.165) is 24.8 Å². The second-order valence-corrected chi connectivity index (χ2v) is 13.0.